The highest BCUT2D eigenvalue weighted by molar-refractivity contribution is 7.91. The quantitative estimate of drug-likeness (QED) is 0.208. The molecule has 62 heavy (non-hydrogen) atoms. The molecule has 1 spiro atoms. The van der Waals surface area contributed by atoms with E-state index in [1.54, 1.807) is 38.1 Å². The van der Waals surface area contributed by atoms with E-state index in [1.165, 1.54) is 20.1 Å². The van der Waals surface area contributed by atoms with E-state index >= 15 is 8.78 Å². The molecule has 5 aliphatic rings. The largest absolute Gasteiger partial charge is 0.497 e. The van der Waals surface area contributed by atoms with E-state index in [-0.39, 0.29) is 47.4 Å². The number of nitrogens with one attached hydrogen (secondary N) is 3. The summed E-state index contributed by atoms with van der Waals surface area (Å²) in [6.07, 6.45) is -2.35. The number of sulfonamides is 1. The summed E-state index contributed by atoms with van der Waals surface area (Å²) >= 11 is 0. The lowest BCUT2D eigenvalue weighted by molar-refractivity contribution is -0.244. The number of halogens is 5. The van der Waals surface area contributed by atoms with Crippen molar-refractivity contribution < 1.29 is 63.8 Å². The maximum atomic E-state index is 17.1. The molecule has 7 rings (SSSR count). The van der Waals surface area contributed by atoms with Gasteiger partial charge in [-0.15, -0.1) is 0 Å². The molecule has 2 aliphatic carbocycles. The third-order valence-electron chi connectivity index (χ3n) is 12.9. The average Bonchev–Trinajstić information content (AvgIpc) is 4.06. The van der Waals surface area contributed by atoms with E-state index in [2.05, 4.69) is 20.3 Å². The highest BCUT2D eigenvalue weighted by Crippen LogP contribution is 2.56. The van der Waals surface area contributed by atoms with Crippen molar-refractivity contribution in [2.24, 2.45) is 5.92 Å². The van der Waals surface area contributed by atoms with Gasteiger partial charge in [0.2, 0.25) is 27.4 Å². The lowest BCUT2D eigenvalue weighted by Crippen LogP contribution is -2.59. The van der Waals surface area contributed by atoms with E-state index < -0.39 is 116 Å². The van der Waals surface area contributed by atoms with Gasteiger partial charge in [0.1, 0.15) is 29.0 Å². The van der Waals surface area contributed by atoms with Gasteiger partial charge in [-0.2, -0.15) is 13.2 Å². The number of nitrogens with zero attached hydrogens (tertiary/aromatic N) is 2. The second-order valence-electron chi connectivity index (χ2n) is 18.4. The molecule has 340 valence electrons. The molecular formula is C42H52F5N5O9S. The smallest absolute Gasteiger partial charge is 0.427 e. The van der Waals surface area contributed by atoms with Crippen LogP contribution in [0.4, 0.5) is 26.7 Å². The fourth-order valence-corrected chi connectivity index (χ4v) is 9.93. The maximum absolute atomic E-state index is 17.1. The van der Waals surface area contributed by atoms with Gasteiger partial charge in [-0.3, -0.25) is 19.1 Å². The lowest BCUT2D eigenvalue weighted by Gasteiger charge is -2.41. The zero-order valence-electron chi connectivity index (χ0n) is 35.3. The zero-order valence-corrected chi connectivity index (χ0v) is 36.2. The Morgan fingerprint density at radius 1 is 1.08 bits per heavy atom. The number of aromatic nitrogens is 1. The molecule has 2 saturated carbocycles. The first-order chi connectivity index (χ1) is 28.8. The minimum atomic E-state index is -4.98. The lowest BCUT2D eigenvalue weighted by atomic mass is 9.83. The molecule has 0 bridgehead atoms. The molecule has 5 atom stereocenters. The van der Waals surface area contributed by atoms with Crippen molar-refractivity contribution in [3.05, 3.63) is 41.6 Å². The molecule has 3 fully saturated rings. The first-order valence-corrected chi connectivity index (χ1v) is 22.3. The van der Waals surface area contributed by atoms with Crippen LogP contribution in [0.2, 0.25) is 0 Å². The van der Waals surface area contributed by atoms with Crippen molar-refractivity contribution in [3.8, 4) is 11.5 Å². The Kier molecular flexibility index (Phi) is 11.3. The first-order valence-electron chi connectivity index (χ1n) is 20.8. The predicted octanol–water partition coefficient (Wildman–Crippen LogP) is 6.41. The third kappa shape index (κ3) is 8.27. The molecule has 4 amide bonds. The maximum Gasteiger partial charge on any atom is 0.427 e. The molecule has 1 aromatic carbocycles. The molecule has 3 aliphatic heterocycles. The highest BCUT2D eigenvalue weighted by atomic mass is 32.2. The number of pyridine rings is 1. The van der Waals surface area contributed by atoms with E-state index in [9.17, 15) is 40.8 Å². The number of benzene rings is 1. The predicted molar refractivity (Wildman–Crippen MR) is 214 cm³/mol. The summed E-state index contributed by atoms with van der Waals surface area (Å²) in [4.78, 5) is 62.2. The molecule has 0 radical (unpaired) electrons. The van der Waals surface area contributed by atoms with Crippen molar-refractivity contribution in [2.75, 3.05) is 13.7 Å². The number of fused-ring (bicyclic) bond motifs is 5. The molecule has 2 aromatic rings. The normalized spacial score (nSPS) is 28.4. The third-order valence-corrected chi connectivity index (χ3v) is 15.0. The molecule has 14 nitrogen and oxygen atoms in total. The Balaban J connectivity index is 1.30. The van der Waals surface area contributed by atoms with Crippen molar-refractivity contribution >= 4 is 44.7 Å². The highest BCUT2D eigenvalue weighted by Gasteiger charge is 2.65. The van der Waals surface area contributed by atoms with Gasteiger partial charge in [-0.25, -0.2) is 27.0 Å². The van der Waals surface area contributed by atoms with Crippen LogP contribution in [0.1, 0.15) is 116 Å². The van der Waals surface area contributed by atoms with Crippen molar-refractivity contribution in [2.45, 2.75) is 150 Å². The first kappa shape index (κ1) is 45.3. The SMILES string of the molecule is COc1ccc2nc(C(C)C)c3c(c2c1)C(F)(F)CC1(CC2C(=O)NC4(C(=O)NS(=O)(=O)C5(C)CC5)CC4C=CCCCCCC(NC(=O)OC(C)(C)C(F)(F)F)C(=O)N2C1)O3. The second-order valence-corrected chi connectivity index (χ2v) is 20.6. The topological polar surface area (TPSA) is 182 Å². The fourth-order valence-electron chi connectivity index (χ4n) is 8.62. The van der Waals surface area contributed by atoms with Gasteiger partial charge < -0.3 is 29.7 Å². The molecule has 4 heterocycles. The van der Waals surface area contributed by atoms with Crippen molar-refractivity contribution in [1.82, 2.24) is 25.2 Å². The van der Waals surface area contributed by atoms with Crippen LogP contribution < -0.4 is 24.8 Å². The molecule has 5 unspecified atom stereocenters. The summed E-state index contributed by atoms with van der Waals surface area (Å²) in [7, 11) is -2.79. The average molecular weight is 898 g/mol. The fraction of sp³-hybridized carbons (Fsp3) is 0.643. The van der Waals surface area contributed by atoms with Crippen LogP contribution in [-0.4, -0.2) is 95.5 Å². The standard InChI is InChI=1S/C42H52F5N5O9S/c1-23(2)31-32-30(26-18-25(59-6)14-15-27(26)48-31)41(43,44)21-39(60-32)20-29-33(53)50-40(35(55)51-62(57,58)38(5)16-17-38)19-24(40)12-10-8-7-9-11-13-28(34(54)52(29)22-39)49-36(56)61-37(3,4)42(45,46)47/h10,12,14-15,18,23-24,28-29H,7-9,11,13,16-17,19-22H2,1-6H3,(H,49,56)(H,50,53)(H,51,55). The van der Waals surface area contributed by atoms with Crippen LogP contribution in [0.3, 0.4) is 0 Å². The van der Waals surface area contributed by atoms with Gasteiger partial charge in [0, 0.05) is 17.7 Å². The molecule has 3 N–H and O–H groups in total. The zero-order chi connectivity index (χ0) is 45.4. The van der Waals surface area contributed by atoms with Gasteiger partial charge in [0.25, 0.3) is 11.8 Å². The van der Waals surface area contributed by atoms with Gasteiger partial charge in [0.05, 0.1) is 41.6 Å². The Hall–Kier alpha value is -4.75. The number of rotatable bonds is 7. The summed E-state index contributed by atoms with van der Waals surface area (Å²) in [6.45, 7) is 5.58. The van der Waals surface area contributed by atoms with Gasteiger partial charge in [-0.05, 0) is 83.4 Å². The van der Waals surface area contributed by atoms with Crippen LogP contribution in [0.5, 0.6) is 11.5 Å². The van der Waals surface area contributed by atoms with Crippen molar-refractivity contribution in [1.29, 1.82) is 0 Å². The van der Waals surface area contributed by atoms with Gasteiger partial charge in [-0.1, -0.05) is 38.8 Å². The second kappa shape index (κ2) is 15.5. The van der Waals surface area contributed by atoms with Crippen molar-refractivity contribution in [3.63, 3.8) is 0 Å². The van der Waals surface area contributed by atoms with Crippen LogP contribution in [0, 0.1) is 5.92 Å². The number of alkyl carbamates (subject to hydrolysis) is 1. The number of methoxy groups -OCH3 is 1. The number of alkyl halides is 5. The molecule has 1 saturated heterocycles. The summed E-state index contributed by atoms with van der Waals surface area (Å²) in [6, 6.07) is 1.31. The number of hydrogen-bond acceptors (Lipinski definition) is 10. The number of ether oxygens (including phenoxy) is 3. The molecular weight excluding hydrogens is 846 g/mol. The van der Waals surface area contributed by atoms with E-state index in [4.69, 9.17) is 14.2 Å². The monoisotopic (exact) mass is 897 g/mol. The summed E-state index contributed by atoms with van der Waals surface area (Å²) in [5.74, 6) is -7.72. The minimum Gasteiger partial charge on any atom is -0.497 e. The number of hydrogen-bond donors (Lipinski definition) is 3. The van der Waals surface area contributed by atoms with E-state index in [1.807, 2.05) is 0 Å². The van der Waals surface area contributed by atoms with Crippen LogP contribution in [0.15, 0.2) is 30.4 Å². The van der Waals surface area contributed by atoms with Crippen LogP contribution in [0.25, 0.3) is 10.9 Å². The summed E-state index contributed by atoms with van der Waals surface area (Å²) < 4.78 is 119. The Labute approximate surface area is 356 Å². The van der Waals surface area contributed by atoms with Crippen LogP contribution >= 0.6 is 0 Å². The van der Waals surface area contributed by atoms with Gasteiger partial charge in [0.15, 0.2) is 5.75 Å². The number of carbonyl (C=O) groups is 4. The Bertz CT molecular complexity index is 2320. The number of carbonyl (C=O) groups excluding carboxylic acids is 4. The van der Waals surface area contributed by atoms with E-state index in [0.29, 0.717) is 46.0 Å². The summed E-state index contributed by atoms with van der Waals surface area (Å²) in [5, 5.41) is 4.99. The number of allylic oxidation sites excluding steroid dienone is 1. The van der Waals surface area contributed by atoms with Crippen LogP contribution in [-0.2, 0) is 35.1 Å². The minimum absolute atomic E-state index is 0.00791. The summed E-state index contributed by atoms with van der Waals surface area (Å²) in [5.41, 5.74) is -6.76. The number of amides is 4. The Morgan fingerprint density at radius 2 is 1.79 bits per heavy atom. The Morgan fingerprint density at radius 3 is 2.44 bits per heavy atom. The molecule has 20 heteroatoms. The molecule has 1 aromatic heterocycles. The van der Waals surface area contributed by atoms with Gasteiger partial charge >= 0.3 is 12.3 Å². The van der Waals surface area contributed by atoms with E-state index in [0.717, 1.165) is 4.90 Å².